The second-order valence-electron chi connectivity index (χ2n) is 6.19. The molecule has 0 bridgehead atoms. The molecule has 23 heavy (non-hydrogen) atoms. The van der Waals surface area contributed by atoms with Crippen molar-refractivity contribution < 1.29 is 14.3 Å². The van der Waals surface area contributed by atoms with E-state index in [-0.39, 0.29) is 24.2 Å². The highest BCUT2D eigenvalue weighted by Crippen LogP contribution is 2.35. The SMILES string of the molecule is CCOC(=O)C1CC(=O)N(c2ccccc2N2CCCCC2)C1. The zero-order valence-corrected chi connectivity index (χ0v) is 13.7. The van der Waals surface area contributed by atoms with Crippen molar-refractivity contribution in [3.63, 3.8) is 0 Å². The van der Waals surface area contributed by atoms with Crippen LogP contribution in [0.15, 0.2) is 24.3 Å². The van der Waals surface area contributed by atoms with Crippen molar-refractivity contribution in [2.75, 3.05) is 36.0 Å². The number of hydrogen-bond donors (Lipinski definition) is 0. The van der Waals surface area contributed by atoms with Crippen molar-refractivity contribution in [2.45, 2.75) is 32.6 Å². The summed E-state index contributed by atoms with van der Waals surface area (Å²) in [5.74, 6) is -0.608. The molecule has 3 rings (SSSR count). The Hall–Kier alpha value is -2.04. The van der Waals surface area contributed by atoms with Crippen molar-refractivity contribution >= 4 is 23.3 Å². The molecule has 2 aliphatic rings. The molecule has 5 heteroatoms. The van der Waals surface area contributed by atoms with Crippen LogP contribution in [0.25, 0.3) is 0 Å². The van der Waals surface area contributed by atoms with E-state index in [0.29, 0.717) is 13.2 Å². The lowest BCUT2D eigenvalue weighted by molar-refractivity contribution is -0.147. The lowest BCUT2D eigenvalue weighted by Crippen LogP contribution is -2.33. The van der Waals surface area contributed by atoms with Gasteiger partial charge in [-0.25, -0.2) is 0 Å². The molecule has 1 atom stereocenters. The number of hydrogen-bond acceptors (Lipinski definition) is 4. The van der Waals surface area contributed by atoms with Gasteiger partial charge in [-0.05, 0) is 38.3 Å². The number of carbonyl (C=O) groups excluding carboxylic acids is 2. The zero-order valence-electron chi connectivity index (χ0n) is 13.7. The van der Waals surface area contributed by atoms with Gasteiger partial charge in [-0.2, -0.15) is 0 Å². The van der Waals surface area contributed by atoms with Gasteiger partial charge in [0.25, 0.3) is 0 Å². The summed E-state index contributed by atoms with van der Waals surface area (Å²) in [5.41, 5.74) is 2.02. The normalized spacial score (nSPS) is 21.6. The third kappa shape index (κ3) is 3.33. The summed E-state index contributed by atoms with van der Waals surface area (Å²) in [7, 11) is 0. The lowest BCUT2D eigenvalue weighted by atomic mass is 10.1. The standard InChI is InChI=1S/C18H24N2O3/c1-2-23-18(22)14-12-17(21)20(13-14)16-9-5-4-8-15(16)19-10-6-3-7-11-19/h4-5,8-9,14H,2-3,6-7,10-13H2,1H3. The minimum Gasteiger partial charge on any atom is -0.466 e. The average Bonchev–Trinajstić information content (AvgIpc) is 2.98. The Bertz CT molecular complexity index is 581. The lowest BCUT2D eigenvalue weighted by Gasteiger charge is -2.32. The van der Waals surface area contributed by atoms with Crippen LogP contribution in [0.2, 0.25) is 0 Å². The number of nitrogens with zero attached hydrogens (tertiary/aromatic N) is 2. The maximum absolute atomic E-state index is 12.4. The highest BCUT2D eigenvalue weighted by atomic mass is 16.5. The second-order valence-corrected chi connectivity index (χ2v) is 6.19. The first-order valence-electron chi connectivity index (χ1n) is 8.51. The van der Waals surface area contributed by atoms with Gasteiger partial charge in [0.05, 0.1) is 23.9 Å². The number of ether oxygens (including phenoxy) is 1. The summed E-state index contributed by atoms with van der Waals surface area (Å²) in [4.78, 5) is 28.5. The molecule has 2 fully saturated rings. The summed E-state index contributed by atoms with van der Waals surface area (Å²) >= 11 is 0. The maximum atomic E-state index is 12.4. The van der Waals surface area contributed by atoms with Gasteiger partial charge in [-0.1, -0.05) is 12.1 Å². The quantitative estimate of drug-likeness (QED) is 0.801. The highest BCUT2D eigenvalue weighted by molar-refractivity contribution is 6.01. The van der Waals surface area contributed by atoms with Crippen LogP contribution in [0.3, 0.4) is 0 Å². The van der Waals surface area contributed by atoms with E-state index in [9.17, 15) is 9.59 Å². The highest BCUT2D eigenvalue weighted by Gasteiger charge is 2.37. The fourth-order valence-corrected chi connectivity index (χ4v) is 3.45. The number of amides is 1. The van der Waals surface area contributed by atoms with Crippen LogP contribution in [-0.4, -0.2) is 38.1 Å². The molecule has 0 aliphatic carbocycles. The van der Waals surface area contributed by atoms with Crippen LogP contribution < -0.4 is 9.80 Å². The molecule has 1 unspecified atom stereocenters. The molecule has 1 aromatic carbocycles. The minimum absolute atomic E-state index is 0.00696. The first-order valence-corrected chi connectivity index (χ1v) is 8.51. The van der Waals surface area contributed by atoms with E-state index in [4.69, 9.17) is 4.74 Å². The molecule has 5 nitrogen and oxygen atoms in total. The van der Waals surface area contributed by atoms with Crippen molar-refractivity contribution in [1.29, 1.82) is 0 Å². The molecule has 1 aromatic rings. The van der Waals surface area contributed by atoms with Gasteiger partial charge in [-0.3, -0.25) is 9.59 Å². The van der Waals surface area contributed by atoms with Crippen LogP contribution in [0.1, 0.15) is 32.6 Å². The Balaban J connectivity index is 1.81. The van der Waals surface area contributed by atoms with Gasteiger partial charge in [0.1, 0.15) is 0 Å². The molecule has 0 aromatic heterocycles. The predicted octanol–water partition coefficient (Wildman–Crippen LogP) is 2.59. The monoisotopic (exact) mass is 316 g/mol. The Morgan fingerprint density at radius 3 is 2.57 bits per heavy atom. The van der Waals surface area contributed by atoms with Gasteiger partial charge in [-0.15, -0.1) is 0 Å². The van der Waals surface area contributed by atoms with E-state index in [1.165, 1.54) is 19.3 Å². The first kappa shape index (κ1) is 15.8. The number of anilines is 2. The van der Waals surface area contributed by atoms with E-state index in [1.807, 2.05) is 18.2 Å². The van der Waals surface area contributed by atoms with Crippen LogP contribution in [-0.2, 0) is 14.3 Å². The van der Waals surface area contributed by atoms with E-state index in [1.54, 1.807) is 11.8 Å². The van der Waals surface area contributed by atoms with Gasteiger partial charge >= 0.3 is 5.97 Å². The van der Waals surface area contributed by atoms with Crippen molar-refractivity contribution in [3.8, 4) is 0 Å². The van der Waals surface area contributed by atoms with E-state index in [2.05, 4.69) is 11.0 Å². The summed E-state index contributed by atoms with van der Waals surface area (Å²) in [6, 6.07) is 8.02. The summed E-state index contributed by atoms with van der Waals surface area (Å²) in [5, 5.41) is 0. The van der Waals surface area contributed by atoms with E-state index < -0.39 is 0 Å². The van der Waals surface area contributed by atoms with Crippen LogP contribution in [0.5, 0.6) is 0 Å². The molecular formula is C18H24N2O3. The minimum atomic E-state index is -0.350. The Labute approximate surface area is 137 Å². The largest absolute Gasteiger partial charge is 0.466 e. The molecule has 2 saturated heterocycles. The molecule has 1 amide bonds. The van der Waals surface area contributed by atoms with Crippen molar-refractivity contribution in [3.05, 3.63) is 24.3 Å². The molecule has 124 valence electrons. The third-order valence-electron chi connectivity index (χ3n) is 4.61. The number of para-hydroxylation sites is 2. The molecule has 2 aliphatic heterocycles. The van der Waals surface area contributed by atoms with Crippen LogP contribution in [0.4, 0.5) is 11.4 Å². The Kier molecular flexibility index (Phi) is 4.84. The van der Waals surface area contributed by atoms with Gasteiger partial charge in [0.2, 0.25) is 5.91 Å². The summed E-state index contributed by atoms with van der Waals surface area (Å²) in [6.07, 6.45) is 3.89. The fraction of sp³-hybridized carbons (Fsp3) is 0.556. The fourth-order valence-electron chi connectivity index (χ4n) is 3.45. The van der Waals surface area contributed by atoms with Crippen LogP contribution >= 0.6 is 0 Å². The number of carbonyl (C=O) groups is 2. The van der Waals surface area contributed by atoms with E-state index in [0.717, 1.165) is 24.5 Å². The number of piperidine rings is 1. The molecule has 0 N–H and O–H groups in total. The summed E-state index contributed by atoms with van der Waals surface area (Å²) < 4.78 is 5.08. The van der Waals surface area contributed by atoms with Gasteiger partial charge in [0, 0.05) is 26.1 Å². The average molecular weight is 316 g/mol. The Morgan fingerprint density at radius 2 is 1.87 bits per heavy atom. The zero-order chi connectivity index (χ0) is 16.2. The number of rotatable bonds is 4. The van der Waals surface area contributed by atoms with Gasteiger partial charge < -0.3 is 14.5 Å². The predicted molar refractivity (Wildman–Crippen MR) is 89.6 cm³/mol. The Morgan fingerprint density at radius 1 is 1.17 bits per heavy atom. The third-order valence-corrected chi connectivity index (χ3v) is 4.61. The molecule has 0 saturated carbocycles. The smallest absolute Gasteiger partial charge is 0.311 e. The first-order chi connectivity index (χ1) is 11.2. The van der Waals surface area contributed by atoms with Crippen molar-refractivity contribution in [2.24, 2.45) is 5.92 Å². The maximum Gasteiger partial charge on any atom is 0.311 e. The van der Waals surface area contributed by atoms with Gasteiger partial charge in [0.15, 0.2) is 0 Å². The molecule has 2 heterocycles. The topological polar surface area (TPSA) is 49.9 Å². The molecule has 0 radical (unpaired) electrons. The molecular weight excluding hydrogens is 292 g/mol. The van der Waals surface area contributed by atoms with Crippen molar-refractivity contribution in [1.82, 2.24) is 0 Å². The number of benzene rings is 1. The van der Waals surface area contributed by atoms with Crippen LogP contribution in [0, 0.1) is 5.92 Å². The van der Waals surface area contributed by atoms with E-state index >= 15 is 0 Å². The second kappa shape index (κ2) is 7.02. The molecule has 0 spiro atoms. The number of esters is 1. The summed E-state index contributed by atoms with van der Waals surface area (Å²) in [6.45, 7) is 4.62.